The van der Waals surface area contributed by atoms with Crippen molar-refractivity contribution in [3.05, 3.63) is 17.7 Å². The van der Waals surface area contributed by atoms with Crippen molar-refractivity contribution in [1.82, 2.24) is 19.1 Å². The monoisotopic (exact) mass is 267 g/mol. The average Bonchev–Trinajstić information content (AvgIpc) is 2.95. The SMILES string of the molecule is CCOC(=O)c1nn(-c2nc(CC)ns2)cc1N. The molecule has 2 N–H and O–H groups in total. The minimum atomic E-state index is -0.533. The van der Waals surface area contributed by atoms with Crippen LogP contribution in [-0.2, 0) is 11.2 Å². The van der Waals surface area contributed by atoms with Crippen LogP contribution >= 0.6 is 11.5 Å². The van der Waals surface area contributed by atoms with Gasteiger partial charge in [0.15, 0.2) is 5.69 Å². The molecule has 0 saturated carbocycles. The summed E-state index contributed by atoms with van der Waals surface area (Å²) in [5.41, 5.74) is 6.09. The molecule has 0 atom stereocenters. The summed E-state index contributed by atoms with van der Waals surface area (Å²) >= 11 is 1.21. The summed E-state index contributed by atoms with van der Waals surface area (Å²) < 4.78 is 10.4. The number of nitrogen functional groups attached to an aromatic ring is 1. The van der Waals surface area contributed by atoms with Gasteiger partial charge in [0.2, 0.25) is 5.13 Å². The van der Waals surface area contributed by atoms with Crippen molar-refractivity contribution in [3.63, 3.8) is 0 Å². The molecule has 0 aliphatic rings. The fourth-order valence-electron chi connectivity index (χ4n) is 1.32. The van der Waals surface area contributed by atoms with Gasteiger partial charge >= 0.3 is 5.97 Å². The third-order valence-corrected chi connectivity index (χ3v) is 2.92. The highest BCUT2D eigenvalue weighted by molar-refractivity contribution is 7.08. The van der Waals surface area contributed by atoms with Crippen LogP contribution < -0.4 is 5.73 Å². The van der Waals surface area contributed by atoms with Crippen LogP contribution in [-0.4, -0.2) is 31.7 Å². The fourth-order valence-corrected chi connectivity index (χ4v) is 2.01. The van der Waals surface area contributed by atoms with E-state index in [1.807, 2.05) is 6.92 Å². The molecule has 7 nitrogen and oxygen atoms in total. The molecule has 0 radical (unpaired) electrons. The third kappa shape index (κ3) is 2.33. The number of nitrogens with zero attached hydrogens (tertiary/aromatic N) is 4. The van der Waals surface area contributed by atoms with E-state index in [1.54, 1.807) is 6.92 Å². The van der Waals surface area contributed by atoms with Gasteiger partial charge in [-0.25, -0.2) is 14.5 Å². The standard InChI is InChI=1S/C10H13N5O2S/c1-3-7-12-10(18-14-7)15-5-6(11)8(13-15)9(16)17-4-2/h5H,3-4,11H2,1-2H3. The van der Waals surface area contributed by atoms with Gasteiger partial charge in [0.25, 0.3) is 0 Å². The van der Waals surface area contributed by atoms with E-state index < -0.39 is 5.97 Å². The predicted octanol–water partition coefficient (Wildman–Crippen LogP) is 1.05. The van der Waals surface area contributed by atoms with Crippen LogP contribution in [0.1, 0.15) is 30.2 Å². The van der Waals surface area contributed by atoms with Crippen molar-refractivity contribution in [2.75, 3.05) is 12.3 Å². The summed E-state index contributed by atoms with van der Waals surface area (Å²) in [5.74, 6) is 0.204. The molecule has 0 spiro atoms. The zero-order valence-electron chi connectivity index (χ0n) is 10.1. The Hall–Kier alpha value is -1.96. The summed E-state index contributed by atoms with van der Waals surface area (Å²) in [4.78, 5) is 15.8. The number of carbonyl (C=O) groups excluding carboxylic acids is 1. The molecular weight excluding hydrogens is 254 g/mol. The maximum Gasteiger partial charge on any atom is 0.361 e. The smallest absolute Gasteiger partial charge is 0.361 e. The average molecular weight is 267 g/mol. The van der Waals surface area contributed by atoms with Gasteiger partial charge in [-0.1, -0.05) is 6.92 Å². The Morgan fingerprint density at radius 3 is 2.94 bits per heavy atom. The lowest BCUT2D eigenvalue weighted by Gasteiger charge is -1.97. The number of hydrogen-bond acceptors (Lipinski definition) is 7. The second-order valence-corrected chi connectivity index (χ2v) is 4.18. The van der Waals surface area contributed by atoms with E-state index in [4.69, 9.17) is 10.5 Å². The first kappa shape index (κ1) is 12.5. The normalized spacial score (nSPS) is 10.6. The zero-order chi connectivity index (χ0) is 13.1. The van der Waals surface area contributed by atoms with E-state index in [1.165, 1.54) is 22.4 Å². The molecule has 8 heteroatoms. The molecule has 18 heavy (non-hydrogen) atoms. The number of rotatable bonds is 4. The van der Waals surface area contributed by atoms with Gasteiger partial charge in [0, 0.05) is 18.0 Å². The molecule has 0 aliphatic carbocycles. The molecule has 0 fully saturated rings. The van der Waals surface area contributed by atoms with Gasteiger partial charge in [-0.3, -0.25) is 0 Å². The highest BCUT2D eigenvalue weighted by Crippen LogP contribution is 2.16. The van der Waals surface area contributed by atoms with Gasteiger partial charge < -0.3 is 10.5 Å². The van der Waals surface area contributed by atoms with E-state index in [2.05, 4.69) is 14.5 Å². The number of esters is 1. The molecule has 2 aromatic rings. The first-order valence-electron chi connectivity index (χ1n) is 5.50. The molecule has 0 unspecified atom stereocenters. The van der Waals surface area contributed by atoms with Crippen molar-refractivity contribution in [3.8, 4) is 5.13 Å². The number of ether oxygens (including phenoxy) is 1. The summed E-state index contributed by atoms with van der Waals surface area (Å²) in [5, 5.41) is 4.65. The largest absolute Gasteiger partial charge is 0.461 e. The van der Waals surface area contributed by atoms with Gasteiger partial charge in [-0.2, -0.15) is 9.47 Å². The number of hydrogen-bond donors (Lipinski definition) is 1. The maximum atomic E-state index is 11.6. The fraction of sp³-hybridized carbons (Fsp3) is 0.400. The van der Waals surface area contributed by atoms with Crippen LogP contribution in [0, 0.1) is 0 Å². The second-order valence-electron chi connectivity index (χ2n) is 3.44. The highest BCUT2D eigenvalue weighted by atomic mass is 32.1. The van der Waals surface area contributed by atoms with E-state index in [0.29, 0.717) is 5.13 Å². The van der Waals surface area contributed by atoms with Gasteiger partial charge in [-0.05, 0) is 6.92 Å². The van der Waals surface area contributed by atoms with Crippen molar-refractivity contribution >= 4 is 23.2 Å². The number of nitrogens with two attached hydrogens (primary N) is 1. The number of aromatic nitrogens is 4. The molecule has 0 bridgehead atoms. The highest BCUT2D eigenvalue weighted by Gasteiger charge is 2.17. The number of anilines is 1. The summed E-state index contributed by atoms with van der Waals surface area (Å²) in [7, 11) is 0. The predicted molar refractivity (Wildman–Crippen MR) is 66.8 cm³/mol. The van der Waals surface area contributed by atoms with Crippen LogP contribution in [0.15, 0.2) is 6.20 Å². The Labute approximate surface area is 108 Å². The Balaban J connectivity index is 2.30. The van der Waals surface area contributed by atoms with Crippen molar-refractivity contribution in [2.24, 2.45) is 0 Å². The van der Waals surface area contributed by atoms with Gasteiger partial charge in [0.1, 0.15) is 5.82 Å². The summed E-state index contributed by atoms with van der Waals surface area (Å²) in [6, 6.07) is 0. The summed E-state index contributed by atoms with van der Waals surface area (Å²) in [6.07, 6.45) is 2.28. The molecule has 2 heterocycles. The lowest BCUT2D eigenvalue weighted by molar-refractivity contribution is 0.0520. The van der Waals surface area contributed by atoms with E-state index >= 15 is 0 Å². The maximum absolute atomic E-state index is 11.6. The van der Waals surface area contributed by atoms with Gasteiger partial charge in [0.05, 0.1) is 18.5 Å². The second kappa shape index (κ2) is 5.13. The quantitative estimate of drug-likeness (QED) is 0.832. The topological polar surface area (TPSA) is 95.9 Å². The third-order valence-electron chi connectivity index (χ3n) is 2.18. The first-order chi connectivity index (χ1) is 8.65. The number of carbonyl (C=O) groups is 1. The Morgan fingerprint density at radius 2 is 2.33 bits per heavy atom. The minimum absolute atomic E-state index is 0.102. The van der Waals surface area contributed by atoms with Gasteiger partial charge in [-0.15, -0.1) is 0 Å². The molecule has 2 aromatic heterocycles. The van der Waals surface area contributed by atoms with E-state index in [-0.39, 0.29) is 18.0 Å². The van der Waals surface area contributed by atoms with E-state index in [0.717, 1.165) is 12.2 Å². The lowest BCUT2D eigenvalue weighted by Crippen LogP contribution is -2.08. The van der Waals surface area contributed by atoms with Crippen LogP contribution in [0.3, 0.4) is 0 Å². The molecule has 2 rings (SSSR count). The molecular formula is C10H13N5O2S. The van der Waals surface area contributed by atoms with Crippen LogP contribution in [0.25, 0.3) is 5.13 Å². The Bertz CT molecular complexity index is 562. The molecule has 96 valence electrons. The molecule has 0 amide bonds. The number of aryl methyl sites for hydroxylation is 1. The Morgan fingerprint density at radius 1 is 1.56 bits per heavy atom. The van der Waals surface area contributed by atoms with Crippen LogP contribution in [0.4, 0.5) is 5.69 Å². The van der Waals surface area contributed by atoms with Crippen molar-refractivity contribution in [2.45, 2.75) is 20.3 Å². The van der Waals surface area contributed by atoms with Crippen molar-refractivity contribution in [1.29, 1.82) is 0 Å². The lowest BCUT2D eigenvalue weighted by atomic mass is 10.4. The summed E-state index contributed by atoms with van der Waals surface area (Å²) in [6.45, 7) is 3.97. The van der Waals surface area contributed by atoms with Crippen LogP contribution in [0.2, 0.25) is 0 Å². The van der Waals surface area contributed by atoms with E-state index in [9.17, 15) is 4.79 Å². The molecule has 0 saturated heterocycles. The first-order valence-corrected chi connectivity index (χ1v) is 6.28. The van der Waals surface area contributed by atoms with Crippen molar-refractivity contribution < 1.29 is 9.53 Å². The minimum Gasteiger partial charge on any atom is -0.461 e. The molecule has 0 aliphatic heterocycles. The zero-order valence-corrected chi connectivity index (χ0v) is 10.9. The Kier molecular flexibility index (Phi) is 3.56. The van der Waals surface area contributed by atoms with Crippen LogP contribution in [0.5, 0.6) is 0 Å². The molecule has 0 aromatic carbocycles.